The summed E-state index contributed by atoms with van der Waals surface area (Å²) in [5.41, 5.74) is 2.22. The molecule has 9 heteroatoms. The Morgan fingerprint density at radius 1 is 1.19 bits per heavy atom. The molecule has 6 nitrogen and oxygen atoms in total. The van der Waals surface area contributed by atoms with E-state index in [1.165, 1.54) is 11.8 Å². The first kappa shape index (κ1) is 21.9. The lowest BCUT2D eigenvalue weighted by molar-refractivity contribution is -0.129. The molecule has 0 aliphatic carbocycles. The first-order chi connectivity index (χ1) is 15.0. The van der Waals surface area contributed by atoms with Gasteiger partial charge >= 0.3 is 0 Å². The maximum Gasteiger partial charge on any atom is 0.229 e. The van der Waals surface area contributed by atoms with E-state index in [9.17, 15) is 10.1 Å². The molecule has 1 fully saturated rings. The number of rotatable bonds is 4. The van der Waals surface area contributed by atoms with Crippen molar-refractivity contribution in [1.82, 2.24) is 4.90 Å². The topological polar surface area (TPSA) is 65.8 Å². The lowest BCUT2D eigenvalue weighted by Gasteiger charge is -2.42. The highest BCUT2D eigenvalue weighted by Crippen LogP contribution is 2.46. The van der Waals surface area contributed by atoms with Crippen LogP contribution < -0.4 is 14.4 Å². The normalized spacial score (nSPS) is 18.5. The Bertz CT molecular complexity index is 1120. The highest BCUT2D eigenvalue weighted by molar-refractivity contribution is 9.10. The summed E-state index contributed by atoms with van der Waals surface area (Å²) < 4.78 is 11.9. The molecule has 0 bridgehead atoms. The van der Waals surface area contributed by atoms with Crippen LogP contribution in [0.15, 0.2) is 51.5 Å². The molecule has 1 saturated heterocycles. The van der Waals surface area contributed by atoms with E-state index < -0.39 is 0 Å². The minimum Gasteiger partial charge on any atom is -0.496 e. The molecule has 160 valence electrons. The number of amides is 1. The van der Waals surface area contributed by atoms with Crippen LogP contribution in [-0.2, 0) is 4.79 Å². The number of anilines is 1. The molecule has 2 aliphatic rings. The molecule has 2 heterocycles. The van der Waals surface area contributed by atoms with Crippen molar-refractivity contribution in [1.29, 1.82) is 5.26 Å². The van der Waals surface area contributed by atoms with Crippen LogP contribution in [0.1, 0.15) is 17.9 Å². The van der Waals surface area contributed by atoms with Crippen LogP contribution in [0.4, 0.5) is 5.69 Å². The van der Waals surface area contributed by atoms with Gasteiger partial charge in [-0.2, -0.15) is 5.26 Å². The van der Waals surface area contributed by atoms with E-state index in [1.807, 2.05) is 35.2 Å². The van der Waals surface area contributed by atoms with Crippen molar-refractivity contribution in [3.05, 3.63) is 62.1 Å². The number of methoxy groups -OCH3 is 2. The average molecular weight is 521 g/mol. The fourth-order valence-corrected chi connectivity index (χ4v) is 5.57. The van der Waals surface area contributed by atoms with E-state index in [2.05, 4.69) is 22.0 Å². The number of allylic oxidation sites excluding steroid dienone is 1. The molecule has 0 radical (unpaired) electrons. The second-order valence-corrected chi connectivity index (χ2v) is 9.35. The number of nitriles is 1. The van der Waals surface area contributed by atoms with Crippen LogP contribution in [-0.4, -0.2) is 37.6 Å². The number of halogens is 2. The summed E-state index contributed by atoms with van der Waals surface area (Å²) in [5.74, 6) is 1.51. The lowest BCUT2D eigenvalue weighted by Crippen LogP contribution is -2.47. The second kappa shape index (κ2) is 9.03. The number of benzene rings is 2. The van der Waals surface area contributed by atoms with Crippen LogP contribution in [0.25, 0.3) is 0 Å². The molecular formula is C22H19BrClN3O3S. The highest BCUT2D eigenvalue weighted by Gasteiger charge is 2.39. The molecule has 31 heavy (non-hydrogen) atoms. The Hall–Kier alpha value is -2.34. The van der Waals surface area contributed by atoms with Gasteiger partial charge < -0.3 is 14.4 Å². The summed E-state index contributed by atoms with van der Waals surface area (Å²) in [5, 5.41) is 11.3. The smallest absolute Gasteiger partial charge is 0.229 e. The minimum absolute atomic E-state index is 0.0424. The number of carbonyl (C=O) groups excluding carboxylic acids is 1. The molecule has 1 amide bonds. The van der Waals surface area contributed by atoms with Crippen molar-refractivity contribution in [2.24, 2.45) is 0 Å². The van der Waals surface area contributed by atoms with E-state index in [0.29, 0.717) is 39.7 Å². The van der Waals surface area contributed by atoms with E-state index in [4.69, 9.17) is 21.1 Å². The van der Waals surface area contributed by atoms with Crippen molar-refractivity contribution in [3.8, 4) is 17.6 Å². The van der Waals surface area contributed by atoms with Gasteiger partial charge in [-0.1, -0.05) is 39.3 Å². The van der Waals surface area contributed by atoms with Crippen molar-refractivity contribution in [2.45, 2.75) is 12.3 Å². The van der Waals surface area contributed by atoms with Crippen LogP contribution in [0.3, 0.4) is 0 Å². The van der Waals surface area contributed by atoms with Crippen molar-refractivity contribution >= 4 is 50.9 Å². The SMILES string of the molecule is COc1ccc(Br)cc1C1CC(=O)N2CN(c3cc(Cl)ccc3OC)CSC2=C1C#N. The fourth-order valence-electron chi connectivity index (χ4n) is 3.87. The summed E-state index contributed by atoms with van der Waals surface area (Å²) >= 11 is 11.1. The number of hydrogen-bond donors (Lipinski definition) is 0. The molecule has 1 atom stereocenters. The predicted molar refractivity (Wildman–Crippen MR) is 125 cm³/mol. The van der Waals surface area contributed by atoms with E-state index >= 15 is 0 Å². The summed E-state index contributed by atoms with van der Waals surface area (Å²) in [7, 11) is 3.19. The number of fused-ring (bicyclic) bond motifs is 1. The van der Waals surface area contributed by atoms with Gasteiger partial charge in [0.15, 0.2) is 0 Å². The zero-order valence-electron chi connectivity index (χ0n) is 16.9. The Labute approximate surface area is 198 Å². The molecular weight excluding hydrogens is 502 g/mol. The van der Waals surface area contributed by atoms with E-state index in [-0.39, 0.29) is 18.2 Å². The Kier molecular flexibility index (Phi) is 6.37. The monoisotopic (exact) mass is 519 g/mol. The van der Waals surface area contributed by atoms with Gasteiger partial charge in [0.2, 0.25) is 5.91 Å². The molecule has 4 rings (SSSR count). The van der Waals surface area contributed by atoms with Gasteiger partial charge in [-0.25, -0.2) is 0 Å². The third-order valence-electron chi connectivity index (χ3n) is 5.34. The summed E-state index contributed by atoms with van der Waals surface area (Å²) in [6.07, 6.45) is 0.195. The molecule has 2 aromatic carbocycles. The predicted octanol–water partition coefficient (Wildman–Crippen LogP) is 5.34. The summed E-state index contributed by atoms with van der Waals surface area (Å²) in [6.45, 7) is 0.325. The zero-order chi connectivity index (χ0) is 22.1. The van der Waals surface area contributed by atoms with Gasteiger partial charge in [0.25, 0.3) is 0 Å². The van der Waals surface area contributed by atoms with Gasteiger partial charge in [-0.05, 0) is 36.4 Å². The van der Waals surface area contributed by atoms with Gasteiger partial charge in [0.05, 0.1) is 49.1 Å². The van der Waals surface area contributed by atoms with Gasteiger partial charge in [-0.3, -0.25) is 9.69 Å². The molecule has 2 aromatic rings. The first-order valence-electron chi connectivity index (χ1n) is 9.46. The molecule has 0 aromatic heterocycles. The lowest BCUT2D eigenvalue weighted by atomic mass is 9.86. The number of carbonyl (C=O) groups is 1. The molecule has 0 N–H and O–H groups in total. The van der Waals surface area contributed by atoms with E-state index in [0.717, 1.165) is 15.7 Å². The van der Waals surface area contributed by atoms with Crippen LogP contribution in [0.2, 0.25) is 5.02 Å². The molecule has 2 aliphatic heterocycles. The van der Waals surface area contributed by atoms with Crippen molar-refractivity contribution < 1.29 is 14.3 Å². The number of hydrogen-bond acceptors (Lipinski definition) is 6. The fraction of sp³-hybridized carbons (Fsp3) is 0.273. The second-order valence-electron chi connectivity index (χ2n) is 7.07. The maximum absolute atomic E-state index is 13.2. The Balaban J connectivity index is 1.72. The quantitative estimate of drug-likeness (QED) is 0.542. The van der Waals surface area contributed by atoms with Crippen LogP contribution >= 0.6 is 39.3 Å². The summed E-state index contributed by atoms with van der Waals surface area (Å²) in [4.78, 5) is 16.9. The van der Waals surface area contributed by atoms with Crippen molar-refractivity contribution in [2.75, 3.05) is 31.7 Å². The molecule has 0 spiro atoms. The Morgan fingerprint density at radius 2 is 1.94 bits per heavy atom. The third kappa shape index (κ3) is 4.10. The third-order valence-corrected chi connectivity index (χ3v) is 7.23. The number of thioether (sulfide) groups is 1. The largest absolute Gasteiger partial charge is 0.496 e. The average Bonchev–Trinajstić information content (AvgIpc) is 2.78. The van der Waals surface area contributed by atoms with E-state index in [1.54, 1.807) is 25.2 Å². The number of nitrogens with zero attached hydrogens (tertiary/aromatic N) is 3. The van der Waals surface area contributed by atoms with Gasteiger partial charge in [-0.15, -0.1) is 0 Å². The van der Waals surface area contributed by atoms with Crippen LogP contribution in [0, 0.1) is 11.3 Å². The summed E-state index contributed by atoms with van der Waals surface area (Å²) in [6, 6.07) is 13.4. The minimum atomic E-state index is -0.351. The Morgan fingerprint density at radius 3 is 2.65 bits per heavy atom. The zero-order valence-corrected chi connectivity index (χ0v) is 20.1. The van der Waals surface area contributed by atoms with Gasteiger partial charge in [0.1, 0.15) is 11.5 Å². The highest BCUT2D eigenvalue weighted by atomic mass is 79.9. The number of ether oxygens (including phenoxy) is 2. The molecule has 1 unspecified atom stereocenters. The maximum atomic E-state index is 13.2. The van der Waals surface area contributed by atoms with Crippen LogP contribution in [0.5, 0.6) is 11.5 Å². The standard InChI is InChI=1S/C22H19BrClN3O3S/c1-29-19-5-3-13(23)7-16(19)15-9-21(28)27-11-26(12-31-22(27)17(15)10-25)18-8-14(24)4-6-20(18)30-2/h3-8,15H,9,11-12H2,1-2H3. The van der Waals surface area contributed by atoms with Gasteiger partial charge in [0, 0.05) is 27.4 Å². The molecule has 0 saturated carbocycles. The first-order valence-corrected chi connectivity index (χ1v) is 11.6. The van der Waals surface area contributed by atoms with Crippen molar-refractivity contribution in [3.63, 3.8) is 0 Å².